The first kappa shape index (κ1) is 11.4. The Morgan fingerprint density at radius 3 is 2.75 bits per heavy atom. The van der Waals surface area contributed by atoms with Crippen molar-refractivity contribution in [3.63, 3.8) is 0 Å². The maximum absolute atomic E-state index is 13.0. The van der Waals surface area contributed by atoms with Gasteiger partial charge in [0.1, 0.15) is 17.7 Å². The molecule has 0 saturated heterocycles. The molecular formula is C13H18FNO. The van der Waals surface area contributed by atoms with Crippen molar-refractivity contribution >= 4 is 0 Å². The van der Waals surface area contributed by atoms with Crippen molar-refractivity contribution in [2.45, 2.75) is 32.4 Å². The van der Waals surface area contributed by atoms with Gasteiger partial charge in [0.25, 0.3) is 0 Å². The predicted octanol–water partition coefficient (Wildman–Crippen LogP) is 2.59. The molecule has 1 aliphatic rings. The minimum Gasteiger partial charge on any atom is -0.490 e. The van der Waals surface area contributed by atoms with Gasteiger partial charge in [0.15, 0.2) is 0 Å². The Bertz CT molecular complexity index is 378. The monoisotopic (exact) mass is 223 g/mol. The topological polar surface area (TPSA) is 21.3 Å². The maximum atomic E-state index is 13.0. The minimum absolute atomic E-state index is 0.0983. The molecular weight excluding hydrogens is 205 g/mol. The molecule has 1 aromatic rings. The fourth-order valence-corrected chi connectivity index (χ4v) is 2.28. The van der Waals surface area contributed by atoms with Gasteiger partial charge >= 0.3 is 0 Å². The molecule has 0 heterocycles. The number of benzene rings is 1. The minimum atomic E-state index is -0.250. The average molecular weight is 223 g/mol. The zero-order valence-electron chi connectivity index (χ0n) is 9.96. The van der Waals surface area contributed by atoms with Crippen molar-refractivity contribution in [2.75, 3.05) is 7.05 Å². The smallest absolute Gasteiger partial charge is 0.126 e. The lowest BCUT2D eigenvalue weighted by atomic mass is 9.64. The average Bonchev–Trinajstić information content (AvgIpc) is 2.23. The molecule has 1 aromatic carbocycles. The fourth-order valence-electron chi connectivity index (χ4n) is 2.28. The number of rotatable bonds is 3. The van der Waals surface area contributed by atoms with Crippen molar-refractivity contribution in [3.8, 4) is 5.75 Å². The molecule has 0 radical (unpaired) electrons. The molecule has 2 rings (SSSR count). The Morgan fingerprint density at radius 2 is 2.19 bits per heavy atom. The van der Waals surface area contributed by atoms with Gasteiger partial charge in [-0.2, -0.15) is 0 Å². The molecule has 1 fully saturated rings. The molecule has 88 valence electrons. The highest BCUT2D eigenvalue weighted by Crippen LogP contribution is 2.42. The first-order chi connectivity index (χ1) is 7.54. The van der Waals surface area contributed by atoms with Crippen LogP contribution in [0.1, 0.15) is 20.3 Å². The summed E-state index contributed by atoms with van der Waals surface area (Å²) >= 11 is 0. The summed E-state index contributed by atoms with van der Waals surface area (Å²) in [6.45, 7) is 4.34. The number of ether oxygens (including phenoxy) is 1. The van der Waals surface area contributed by atoms with Crippen LogP contribution < -0.4 is 10.1 Å². The highest BCUT2D eigenvalue weighted by atomic mass is 19.1. The summed E-state index contributed by atoms with van der Waals surface area (Å²) < 4.78 is 18.8. The predicted molar refractivity (Wildman–Crippen MR) is 62.1 cm³/mol. The van der Waals surface area contributed by atoms with Crippen LogP contribution in [0.5, 0.6) is 5.75 Å². The number of nitrogens with one attached hydrogen (secondary N) is 1. The number of hydrogen-bond acceptors (Lipinski definition) is 2. The highest BCUT2D eigenvalue weighted by Gasteiger charge is 2.49. The van der Waals surface area contributed by atoms with Gasteiger partial charge in [0.05, 0.1) is 0 Å². The zero-order chi connectivity index (χ0) is 11.8. The third-order valence-corrected chi connectivity index (χ3v) is 3.60. The summed E-state index contributed by atoms with van der Waals surface area (Å²) in [6.07, 6.45) is 1.13. The maximum Gasteiger partial charge on any atom is 0.126 e. The second-order valence-corrected chi connectivity index (χ2v) is 4.96. The molecule has 0 amide bonds. The largest absolute Gasteiger partial charge is 0.490 e. The van der Waals surface area contributed by atoms with Crippen LogP contribution in [0.4, 0.5) is 4.39 Å². The van der Waals surface area contributed by atoms with Crippen LogP contribution in [-0.2, 0) is 0 Å². The van der Waals surface area contributed by atoms with Crippen LogP contribution in [-0.4, -0.2) is 19.2 Å². The molecule has 0 aromatic heterocycles. The van der Waals surface area contributed by atoms with Gasteiger partial charge in [-0.25, -0.2) is 4.39 Å². The molecule has 0 spiro atoms. The van der Waals surface area contributed by atoms with Gasteiger partial charge in [-0.1, -0.05) is 19.9 Å². The van der Waals surface area contributed by atoms with Crippen molar-refractivity contribution in [1.82, 2.24) is 5.32 Å². The number of hydrogen-bond donors (Lipinski definition) is 1. The summed E-state index contributed by atoms with van der Waals surface area (Å²) in [6, 6.07) is 6.81. The third-order valence-electron chi connectivity index (χ3n) is 3.60. The molecule has 16 heavy (non-hydrogen) atoms. The SMILES string of the molecule is CNC1CC(Oc2cccc(F)c2)C1(C)C. The first-order valence-corrected chi connectivity index (χ1v) is 5.63. The third kappa shape index (κ3) is 1.92. The molecule has 1 aliphatic carbocycles. The van der Waals surface area contributed by atoms with E-state index in [1.165, 1.54) is 12.1 Å². The summed E-state index contributed by atoms with van der Waals surface area (Å²) in [5.74, 6) is 0.368. The lowest BCUT2D eigenvalue weighted by Gasteiger charge is -2.51. The Kier molecular flexibility index (Phi) is 2.89. The van der Waals surface area contributed by atoms with Crippen molar-refractivity contribution in [1.29, 1.82) is 0 Å². The molecule has 2 atom stereocenters. The van der Waals surface area contributed by atoms with E-state index in [0.29, 0.717) is 11.8 Å². The molecule has 0 bridgehead atoms. The molecule has 1 saturated carbocycles. The normalized spacial score (nSPS) is 27.2. The summed E-state index contributed by atoms with van der Waals surface area (Å²) in [5.41, 5.74) is 0.0983. The quantitative estimate of drug-likeness (QED) is 0.850. The number of halogens is 1. The van der Waals surface area contributed by atoms with Gasteiger partial charge in [-0.05, 0) is 19.2 Å². The van der Waals surface area contributed by atoms with Crippen molar-refractivity contribution in [3.05, 3.63) is 30.1 Å². The van der Waals surface area contributed by atoms with E-state index in [2.05, 4.69) is 19.2 Å². The van der Waals surface area contributed by atoms with Gasteiger partial charge in [0.2, 0.25) is 0 Å². The van der Waals surface area contributed by atoms with Gasteiger partial charge in [-0.3, -0.25) is 0 Å². The van der Waals surface area contributed by atoms with Crippen LogP contribution in [0.2, 0.25) is 0 Å². The Morgan fingerprint density at radius 1 is 1.44 bits per heavy atom. The molecule has 0 aliphatic heterocycles. The second-order valence-electron chi connectivity index (χ2n) is 4.96. The fraction of sp³-hybridized carbons (Fsp3) is 0.538. The summed E-state index contributed by atoms with van der Waals surface area (Å²) in [7, 11) is 1.96. The van der Waals surface area contributed by atoms with Gasteiger partial charge in [-0.15, -0.1) is 0 Å². The van der Waals surface area contributed by atoms with Crippen LogP contribution in [0.15, 0.2) is 24.3 Å². The summed E-state index contributed by atoms with van der Waals surface area (Å²) in [5, 5.41) is 3.26. The Balaban J connectivity index is 2.02. The standard InChI is InChI=1S/C13H18FNO/c1-13(2)11(15-3)8-12(13)16-10-6-4-5-9(14)7-10/h4-7,11-12,15H,8H2,1-3H3. The second kappa shape index (κ2) is 4.06. The van der Waals surface area contributed by atoms with E-state index in [4.69, 9.17) is 4.74 Å². The van der Waals surface area contributed by atoms with Crippen LogP contribution >= 0.6 is 0 Å². The first-order valence-electron chi connectivity index (χ1n) is 5.63. The summed E-state index contributed by atoms with van der Waals surface area (Å²) in [4.78, 5) is 0. The van der Waals surface area contributed by atoms with Crippen LogP contribution in [0.25, 0.3) is 0 Å². The lowest BCUT2D eigenvalue weighted by molar-refractivity contribution is -0.0522. The van der Waals surface area contributed by atoms with E-state index >= 15 is 0 Å². The van der Waals surface area contributed by atoms with Gasteiger partial charge in [0, 0.05) is 23.9 Å². The van der Waals surface area contributed by atoms with E-state index in [-0.39, 0.29) is 17.3 Å². The lowest BCUT2D eigenvalue weighted by Crippen LogP contribution is -2.61. The highest BCUT2D eigenvalue weighted by molar-refractivity contribution is 5.23. The Labute approximate surface area is 95.8 Å². The molecule has 3 heteroatoms. The van der Waals surface area contributed by atoms with Crippen molar-refractivity contribution in [2.24, 2.45) is 5.41 Å². The van der Waals surface area contributed by atoms with Gasteiger partial charge < -0.3 is 10.1 Å². The molecule has 1 N–H and O–H groups in total. The zero-order valence-corrected chi connectivity index (χ0v) is 9.96. The molecule has 2 nitrogen and oxygen atoms in total. The van der Waals surface area contributed by atoms with E-state index in [0.717, 1.165) is 6.42 Å². The molecule has 2 unspecified atom stereocenters. The van der Waals surface area contributed by atoms with E-state index in [1.807, 2.05) is 7.05 Å². The van der Waals surface area contributed by atoms with Crippen molar-refractivity contribution < 1.29 is 9.13 Å². The van der Waals surface area contributed by atoms with Crippen LogP contribution in [0.3, 0.4) is 0 Å². The van der Waals surface area contributed by atoms with E-state index in [1.54, 1.807) is 12.1 Å². The van der Waals surface area contributed by atoms with E-state index in [9.17, 15) is 4.39 Å². The van der Waals surface area contributed by atoms with Crippen LogP contribution in [0, 0.1) is 11.2 Å². The Hall–Kier alpha value is -1.09. The van der Waals surface area contributed by atoms with E-state index < -0.39 is 0 Å².